The van der Waals surface area contributed by atoms with Crippen LogP contribution < -0.4 is 10.2 Å². The number of rotatable bonds is 1. The Kier molecular flexibility index (Phi) is 2.69. The van der Waals surface area contributed by atoms with Crippen LogP contribution in [0.4, 0.5) is 0 Å². The van der Waals surface area contributed by atoms with Gasteiger partial charge in [-0.25, -0.2) is 0 Å². The second-order valence-corrected chi connectivity index (χ2v) is 2.85. The number of ether oxygens (including phenoxy) is 1. The molecule has 0 aliphatic rings. The molecule has 0 aromatic heterocycles. The highest BCUT2D eigenvalue weighted by atomic mass is 35.5. The molecular weight excluding hydrogens is 182 g/mol. The molecular formula is C7H5BCl2O. The Hall–Kier alpha value is -0.335. The Morgan fingerprint density at radius 1 is 1.36 bits per heavy atom. The molecule has 0 fully saturated rings. The summed E-state index contributed by atoms with van der Waals surface area (Å²) in [4.78, 5) is 0. The Bertz CT molecular complexity index is 275. The van der Waals surface area contributed by atoms with Crippen LogP contribution in [0.15, 0.2) is 12.1 Å². The van der Waals surface area contributed by atoms with Gasteiger partial charge in [0.2, 0.25) is 0 Å². The van der Waals surface area contributed by atoms with E-state index in [-0.39, 0.29) is 0 Å². The molecule has 0 atom stereocenters. The number of benzene rings is 1. The molecule has 0 heterocycles. The molecule has 0 N–H and O–H groups in total. The first-order valence-corrected chi connectivity index (χ1v) is 3.69. The second-order valence-electron chi connectivity index (χ2n) is 2.00. The van der Waals surface area contributed by atoms with Gasteiger partial charge < -0.3 is 4.74 Å². The molecule has 0 aliphatic carbocycles. The van der Waals surface area contributed by atoms with Crippen LogP contribution in [0, 0.1) is 0 Å². The molecule has 0 bridgehead atoms. The quantitative estimate of drug-likeness (QED) is 0.608. The van der Waals surface area contributed by atoms with Crippen LogP contribution in [0.2, 0.25) is 10.0 Å². The molecule has 0 unspecified atom stereocenters. The first kappa shape index (κ1) is 8.76. The predicted molar refractivity (Wildman–Crippen MR) is 48.4 cm³/mol. The third kappa shape index (κ3) is 1.82. The molecule has 56 valence electrons. The molecule has 0 spiro atoms. The highest BCUT2D eigenvalue weighted by Crippen LogP contribution is 2.20. The van der Waals surface area contributed by atoms with Crippen molar-refractivity contribution in [1.82, 2.24) is 0 Å². The number of methoxy groups -OCH3 is 1. The summed E-state index contributed by atoms with van der Waals surface area (Å²) in [6.07, 6.45) is 0. The van der Waals surface area contributed by atoms with Crippen LogP contribution in [-0.4, -0.2) is 15.0 Å². The van der Waals surface area contributed by atoms with E-state index in [4.69, 9.17) is 35.8 Å². The van der Waals surface area contributed by atoms with Gasteiger partial charge in [0.25, 0.3) is 0 Å². The van der Waals surface area contributed by atoms with E-state index in [1.165, 1.54) is 7.11 Å². The maximum Gasteiger partial charge on any atom is 0.121 e. The van der Waals surface area contributed by atoms with E-state index in [9.17, 15) is 0 Å². The second kappa shape index (κ2) is 3.37. The van der Waals surface area contributed by atoms with E-state index < -0.39 is 0 Å². The van der Waals surface area contributed by atoms with Gasteiger partial charge in [-0.15, -0.1) is 0 Å². The Balaban J connectivity index is 3.24. The maximum absolute atomic E-state index is 5.71. The van der Waals surface area contributed by atoms with Crippen molar-refractivity contribution in [2.75, 3.05) is 7.11 Å². The minimum atomic E-state index is 0.411. The van der Waals surface area contributed by atoms with E-state index in [1.54, 1.807) is 12.1 Å². The molecule has 0 aliphatic heterocycles. The largest absolute Gasteiger partial charge is 0.497 e. The van der Waals surface area contributed by atoms with Crippen molar-refractivity contribution in [2.24, 2.45) is 0 Å². The Morgan fingerprint density at radius 2 is 2.00 bits per heavy atom. The summed E-state index contributed by atoms with van der Waals surface area (Å²) < 4.78 is 4.91. The smallest absolute Gasteiger partial charge is 0.121 e. The summed E-state index contributed by atoms with van der Waals surface area (Å²) in [6, 6.07) is 3.18. The third-order valence-corrected chi connectivity index (χ3v) is 1.81. The van der Waals surface area contributed by atoms with Crippen LogP contribution in [0.1, 0.15) is 0 Å². The zero-order valence-corrected chi connectivity index (χ0v) is 7.41. The van der Waals surface area contributed by atoms with Crippen LogP contribution in [0.25, 0.3) is 0 Å². The molecule has 0 amide bonds. The molecule has 4 heteroatoms. The third-order valence-electron chi connectivity index (χ3n) is 1.28. The zero-order chi connectivity index (χ0) is 8.43. The summed E-state index contributed by atoms with van der Waals surface area (Å²) in [7, 11) is 7.06. The van der Waals surface area contributed by atoms with Gasteiger partial charge in [-0.2, -0.15) is 0 Å². The average Bonchev–Trinajstić information content (AvgIpc) is 1.96. The van der Waals surface area contributed by atoms with Crippen molar-refractivity contribution in [3.05, 3.63) is 22.2 Å². The molecule has 0 saturated carbocycles. The minimum absolute atomic E-state index is 0.411. The normalized spacial score (nSPS) is 9.73. The fourth-order valence-electron chi connectivity index (χ4n) is 0.730. The van der Waals surface area contributed by atoms with E-state index >= 15 is 0 Å². The molecule has 1 aromatic rings. The van der Waals surface area contributed by atoms with Gasteiger partial charge in [0, 0.05) is 10.0 Å². The lowest BCUT2D eigenvalue weighted by Gasteiger charge is -2.06. The van der Waals surface area contributed by atoms with Crippen molar-refractivity contribution in [3.63, 3.8) is 0 Å². The van der Waals surface area contributed by atoms with Crippen molar-refractivity contribution >= 4 is 36.5 Å². The van der Waals surface area contributed by atoms with Crippen LogP contribution in [0.5, 0.6) is 5.75 Å². The first-order valence-electron chi connectivity index (χ1n) is 2.93. The van der Waals surface area contributed by atoms with Gasteiger partial charge >= 0.3 is 0 Å². The van der Waals surface area contributed by atoms with Crippen LogP contribution in [0.3, 0.4) is 0 Å². The molecule has 1 rings (SSSR count). The van der Waals surface area contributed by atoms with Crippen LogP contribution in [-0.2, 0) is 0 Å². The first-order chi connectivity index (χ1) is 5.15. The molecule has 0 saturated heterocycles. The average molecular weight is 187 g/mol. The highest BCUT2D eigenvalue weighted by Gasteiger charge is 2.03. The zero-order valence-electron chi connectivity index (χ0n) is 5.90. The lowest BCUT2D eigenvalue weighted by atomic mass is 9.95. The fourth-order valence-corrected chi connectivity index (χ4v) is 1.20. The maximum atomic E-state index is 5.71. The van der Waals surface area contributed by atoms with Gasteiger partial charge in [0.15, 0.2) is 0 Å². The van der Waals surface area contributed by atoms with E-state index in [0.717, 1.165) is 0 Å². The summed E-state index contributed by atoms with van der Waals surface area (Å²) in [6.45, 7) is 0. The van der Waals surface area contributed by atoms with E-state index in [2.05, 4.69) is 0 Å². The van der Waals surface area contributed by atoms with Crippen molar-refractivity contribution in [2.45, 2.75) is 0 Å². The van der Waals surface area contributed by atoms with Gasteiger partial charge in [-0.1, -0.05) is 23.2 Å². The van der Waals surface area contributed by atoms with Gasteiger partial charge in [0.05, 0.1) is 7.11 Å². The van der Waals surface area contributed by atoms with Gasteiger partial charge in [-0.3, -0.25) is 0 Å². The standard InChI is InChI=1S/C7H5BCl2O/c1-11-6-3-4(9)2-5(10)7(6)8/h2-3H,1H3. The molecule has 1 aromatic carbocycles. The molecule has 1 nitrogen and oxygen atoms in total. The molecule has 11 heavy (non-hydrogen) atoms. The number of hydrogen-bond acceptors (Lipinski definition) is 1. The van der Waals surface area contributed by atoms with Gasteiger partial charge in [-0.05, 0) is 17.6 Å². The molecule has 2 radical (unpaired) electrons. The Labute approximate surface area is 76.7 Å². The minimum Gasteiger partial charge on any atom is -0.497 e. The summed E-state index contributed by atoms with van der Waals surface area (Å²) in [5, 5.41) is 0.926. The lowest BCUT2D eigenvalue weighted by Crippen LogP contribution is -2.08. The monoisotopic (exact) mass is 186 g/mol. The Morgan fingerprint density at radius 3 is 2.55 bits per heavy atom. The summed E-state index contributed by atoms with van der Waals surface area (Å²) >= 11 is 11.4. The topological polar surface area (TPSA) is 9.23 Å². The number of hydrogen-bond donors (Lipinski definition) is 0. The van der Waals surface area contributed by atoms with Gasteiger partial charge in [0.1, 0.15) is 13.6 Å². The van der Waals surface area contributed by atoms with E-state index in [0.29, 0.717) is 21.3 Å². The summed E-state index contributed by atoms with van der Waals surface area (Å²) in [5.74, 6) is 0.502. The SMILES string of the molecule is [B]c1c(Cl)cc(Cl)cc1OC. The highest BCUT2D eigenvalue weighted by molar-refractivity contribution is 6.47. The van der Waals surface area contributed by atoms with Crippen molar-refractivity contribution in [1.29, 1.82) is 0 Å². The fraction of sp³-hybridized carbons (Fsp3) is 0.143. The van der Waals surface area contributed by atoms with E-state index in [1.807, 2.05) is 0 Å². The number of halogens is 2. The van der Waals surface area contributed by atoms with Crippen molar-refractivity contribution in [3.8, 4) is 5.75 Å². The summed E-state index contributed by atoms with van der Waals surface area (Å²) in [5.41, 5.74) is 0.415. The van der Waals surface area contributed by atoms with Crippen molar-refractivity contribution < 1.29 is 4.74 Å². The van der Waals surface area contributed by atoms with Crippen LogP contribution >= 0.6 is 23.2 Å². The lowest BCUT2D eigenvalue weighted by molar-refractivity contribution is 0.418. The predicted octanol–water partition coefficient (Wildman–Crippen LogP) is 1.80.